The van der Waals surface area contributed by atoms with Crippen molar-refractivity contribution in [1.82, 2.24) is 9.97 Å². The molecule has 4 N–H and O–H groups in total. The van der Waals surface area contributed by atoms with Crippen LogP contribution in [-0.4, -0.2) is 64.2 Å². The average Bonchev–Trinajstić information content (AvgIpc) is 3.18. The Balaban J connectivity index is 1.99. The molecule has 4 atom stereocenters. The number of nitrogens with one attached hydrogen (secondary N) is 1. The molecule has 0 amide bonds. The highest BCUT2D eigenvalue weighted by atomic mass is 35.5. The van der Waals surface area contributed by atoms with Crippen molar-refractivity contribution in [1.29, 1.82) is 0 Å². The molecule has 0 unspecified atom stereocenters. The molecule has 9 heteroatoms. The van der Waals surface area contributed by atoms with Crippen molar-refractivity contribution in [2.24, 2.45) is 5.92 Å². The summed E-state index contributed by atoms with van der Waals surface area (Å²) in [4.78, 5) is 11.5. The highest BCUT2D eigenvalue weighted by molar-refractivity contribution is 7.13. The smallest absolute Gasteiger partial charge is 0.228 e. The Morgan fingerprint density at radius 2 is 2.08 bits per heavy atom. The molecular formula is C16H21ClN4O3S. The van der Waals surface area contributed by atoms with Crippen molar-refractivity contribution in [3.05, 3.63) is 22.7 Å². The molecule has 0 aromatic carbocycles. The molecule has 0 aliphatic heterocycles. The van der Waals surface area contributed by atoms with E-state index in [1.165, 1.54) is 11.3 Å². The third-order valence-electron chi connectivity index (χ3n) is 4.38. The molecule has 0 spiro atoms. The van der Waals surface area contributed by atoms with E-state index in [0.29, 0.717) is 28.9 Å². The fraction of sp³-hybridized carbons (Fsp3) is 0.500. The van der Waals surface area contributed by atoms with Gasteiger partial charge in [0.2, 0.25) is 5.95 Å². The van der Waals surface area contributed by atoms with Crippen LogP contribution in [0.4, 0.5) is 11.8 Å². The van der Waals surface area contributed by atoms with Crippen LogP contribution in [0, 0.1) is 5.92 Å². The summed E-state index contributed by atoms with van der Waals surface area (Å²) in [5.74, 6) is 0.573. The van der Waals surface area contributed by atoms with Gasteiger partial charge in [0.15, 0.2) is 0 Å². The number of anilines is 2. The lowest BCUT2D eigenvalue weighted by Crippen LogP contribution is -2.35. The Kier molecular flexibility index (Phi) is 5.45. The zero-order valence-electron chi connectivity index (χ0n) is 13.9. The van der Waals surface area contributed by atoms with Crippen LogP contribution in [0.1, 0.15) is 6.42 Å². The van der Waals surface area contributed by atoms with Crippen LogP contribution in [0.2, 0.25) is 5.15 Å². The van der Waals surface area contributed by atoms with Crippen molar-refractivity contribution >= 4 is 34.7 Å². The van der Waals surface area contributed by atoms with Gasteiger partial charge in [-0.15, -0.1) is 11.3 Å². The van der Waals surface area contributed by atoms with Crippen molar-refractivity contribution in [2.75, 3.05) is 30.9 Å². The molecule has 2 aromatic heterocycles. The van der Waals surface area contributed by atoms with Crippen molar-refractivity contribution in [3.8, 4) is 10.4 Å². The summed E-state index contributed by atoms with van der Waals surface area (Å²) in [5, 5.41) is 35.1. The second-order valence-electron chi connectivity index (χ2n) is 6.32. The Labute approximate surface area is 154 Å². The molecule has 136 valence electrons. The summed E-state index contributed by atoms with van der Waals surface area (Å²) < 4.78 is 0. The number of aliphatic hydroxyl groups excluding tert-OH is 3. The van der Waals surface area contributed by atoms with Crippen molar-refractivity contribution in [3.63, 3.8) is 0 Å². The topological polar surface area (TPSA) is 102 Å². The van der Waals surface area contributed by atoms with Crippen molar-refractivity contribution < 1.29 is 15.3 Å². The quantitative estimate of drug-likeness (QED) is 0.578. The first-order chi connectivity index (χ1) is 11.9. The number of halogens is 1. The zero-order chi connectivity index (χ0) is 18.1. The number of aromatic nitrogens is 2. The van der Waals surface area contributed by atoms with E-state index < -0.39 is 18.2 Å². The summed E-state index contributed by atoms with van der Waals surface area (Å²) in [6.07, 6.45) is -1.54. The van der Waals surface area contributed by atoms with Crippen LogP contribution in [0.3, 0.4) is 0 Å². The summed E-state index contributed by atoms with van der Waals surface area (Å²) in [7, 11) is 3.63. The third-order valence-corrected chi connectivity index (χ3v) is 5.54. The molecule has 0 bridgehead atoms. The molecule has 1 aliphatic carbocycles. The zero-order valence-corrected chi connectivity index (χ0v) is 15.5. The van der Waals surface area contributed by atoms with E-state index in [4.69, 9.17) is 11.6 Å². The second kappa shape index (κ2) is 7.43. The molecule has 1 fully saturated rings. The van der Waals surface area contributed by atoms with Crippen molar-refractivity contribution in [2.45, 2.75) is 24.7 Å². The van der Waals surface area contributed by atoms with Crippen LogP contribution in [0.15, 0.2) is 17.5 Å². The van der Waals surface area contributed by atoms with E-state index in [2.05, 4.69) is 15.3 Å². The van der Waals surface area contributed by atoms with E-state index >= 15 is 0 Å². The monoisotopic (exact) mass is 384 g/mol. The minimum atomic E-state index is -0.995. The lowest BCUT2D eigenvalue weighted by atomic mass is 10.1. The Morgan fingerprint density at radius 1 is 1.32 bits per heavy atom. The Morgan fingerprint density at radius 3 is 2.64 bits per heavy atom. The number of nitrogens with zero attached hydrogens (tertiary/aromatic N) is 3. The van der Waals surface area contributed by atoms with Gasteiger partial charge in [-0.05, 0) is 17.9 Å². The summed E-state index contributed by atoms with van der Waals surface area (Å²) in [6.45, 7) is -0.179. The van der Waals surface area contributed by atoms with Crippen LogP contribution >= 0.6 is 22.9 Å². The summed E-state index contributed by atoms with van der Waals surface area (Å²) in [6, 6.07) is 3.40. The minimum Gasteiger partial charge on any atom is -0.396 e. The third kappa shape index (κ3) is 3.58. The Bertz CT molecular complexity index is 728. The molecule has 7 nitrogen and oxygen atoms in total. The largest absolute Gasteiger partial charge is 0.396 e. The van der Waals surface area contributed by atoms with E-state index in [1.807, 2.05) is 31.6 Å². The second-order valence-corrected chi connectivity index (χ2v) is 7.63. The molecule has 0 radical (unpaired) electrons. The lowest BCUT2D eigenvalue weighted by Gasteiger charge is -2.22. The van der Waals surface area contributed by atoms with E-state index in [1.54, 1.807) is 4.90 Å². The molecule has 2 aromatic rings. The maximum absolute atomic E-state index is 10.3. The predicted molar refractivity (Wildman–Crippen MR) is 99.3 cm³/mol. The van der Waals surface area contributed by atoms with Gasteiger partial charge in [0.1, 0.15) is 17.1 Å². The van der Waals surface area contributed by atoms with Gasteiger partial charge in [0.25, 0.3) is 0 Å². The molecule has 1 saturated carbocycles. The van der Waals surface area contributed by atoms with Gasteiger partial charge in [-0.25, -0.2) is 4.98 Å². The summed E-state index contributed by atoms with van der Waals surface area (Å²) in [5.41, 5.74) is 0.663. The van der Waals surface area contributed by atoms with Gasteiger partial charge in [-0.2, -0.15) is 4.98 Å². The van der Waals surface area contributed by atoms with Gasteiger partial charge in [0, 0.05) is 31.5 Å². The fourth-order valence-corrected chi connectivity index (χ4v) is 4.09. The van der Waals surface area contributed by atoms with Gasteiger partial charge in [-0.3, -0.25) is 0 Å². The van der Waals surface area contributed by atoms with E-state index in [9.17, 15) is 15.3 Å². The minimum absolute atomic E-state index is 0.179. The number of aliphatic hydroxyl groups is 3. The van der Waals surface area contributed by atoms with Crippen LogP contribution in [0.25, 0.3) is 10.4 Å². The van der Waals surface area contributed by atoms with Crippen LogP contribution < -0.4 is 10.2 Å². The average molecular weight is 385 g/mol. The predicted octanol–water partition coefficient (Wildman–Crippen LogP) is 1.44. The Hall–Kier alpha value is -1.45. The van der Waals surface area contributed by atoms with Gasteiger partial charge < -0.3 is 25.5 Å². The maximum Gasteiger partial charge on any atom is 0.228 e. The standard InChI is InChI=1S/C16H21ClN4O3S/c1-21(2)16-19-14(17)11(10-4-3-5-25-10)15(20-16)18-9-6-8(7-22)12(23)13(9)24/h3-5,8-9,12-13,22-24H,6-7H2,1-2H3,(H,18,19,20)/t8-,9-,12-,13+/m1/s1. The van der Waals surface area contributed by atoms with Gasteiger partial charge in [0.05, 0.1) is 17.7 Å². The first kappa shape index (κ1) is 18.3. The first-order valence-electron chi connectivity index (χ1n) is 7.94. The van der Waals surface area contributed by atoms with E-state index in [0.717, 1.165) is 4.88 Å². The molecule has 3 rings (SSSR count). The number of hydrogen-bond donors (Lipinski definition) is 4. The van der Waals surface area contributed by atoms with Gasteiger partial charge >= 0.3 is 0 Å². The lowest BCUT2D eigenvalue weighted by molar-refractivity contribution is 0.00446. The van der Waals surface area contributed by atoms with Crippen LogP contribution in [0.5, 0.6) is 0 Å². The van der Waals surface area contributed by atoms with E-state index in [-0.39, 0.29) is 12.5 Å². The fourth-order valence-electron chi connectivity index (χ4n) is 2.99. The molecular weight excluding hydrogens is 364 g/mol. The van der Waals surface area contributed by atoms with Gasteiger partial charge in [-0.1, -0.05) is 17.7 Å². The SMILES string of the molecule is CN(C)c1nc(Cl)c(-c2cccs2)c(N[C@@H]2C[C@H](CO)[C@@H](O)[C@H]2O)n1. The summed E-state index contributed by atoms with van der Waals surface area (Å²) >= 11 is 7.93. The van der Waals surface area contributed by atoms with Crippen LogP contribution in [-0.2, 0) is 0 Å². The highest BCUT2D eigenvalue weighted by Gasteiger charge is 2.41. The molecule has 0 saturated heterocycles. The molecule has 1 aliphatic rings. The maximum atomic E-state index is 10.3. The normalized spacial score (nSPS) is 26.0. The molecule has 25 heavy (non-hydrogen) atoms. The molecule has 2 heterocycles. The highest BCUT2D eigenvalue weighted by Crippen LogP contribution is 2.38. The number of hydrogen-bond acceptors (Lipinski definition) is 8. The number of thiophene rings is 1. The number of rotatable bonds is 5. The first-order valence-corrected chi connectivity index (χ1v) is 9.20.